The van der Waals surface area contributed by atoms with Gasteiger partial charge in [-0.1, -0.05) is 26.7 Å². The maximum atomic E-state index is 11.9. The van der Waals surface area contributed by atoms with Crippen LogP contribution in [-0.2, 0) is 19.1 Å². The zero-order valence-electron chi connectivity index (χ0n) is 13.7. The predicted octanol–water partition coefficient (Wildman–Crippen LogP) is 2.29. The van der Waals surface area contributed by atoms with Crippen LogP contribution in [0.1, 0.15) is 52.9 Å². The van der Waals surface area contributed by atoms with Gasteiger partial charge in [-0.25, -0.2) is 0 Å². The molecule has 0 spiro atoms. The molecule has 0 amide bonds. The number of rotatable bonds is 7. The summed E-state index contributed by atoms with van der Waals surface area (Å²) in [4.78, 5) is 23.8. The van der Waals surface area contributed by atoms with Crippen LogP contribution in [0.2, 0.25) is 0 Å². The van der Waals surface area contributed by atoms with Crippen molar-refractivity contribution in [1.82, 2.24) is 5.32 Å². The van der Waals surface area contributed by atoms with Crippen molar-refractivity contribution in [2.75, 3.05) is 13.7 Å². The van der Waals surface area contributed by atoms with Crippen LogP contribution in [0.4, 0.5) is 0 Å². The number of carbonyl (C=O) groups is 2. The molecule has 1 aliphatic rings. The molecular weight excluding hydrogens is 270 g/mol. The first-order chi connectivity index (χ1) is 10.0. The van der Waals surface area contributed by atoms with E-state index in [1.54, 1.807) is 0 Å². The van der Waals surface area contributed by atoms with Crippen molar-refractivity contribution in [1.29, 1.82) is 0 Å². The Labute approximate surface area is 127 Å². The Kier molecular flexibility index (Phi) is 7.72. The third-order valence-corrected chi connectivity index (χ3v) is 4.38. The fourth-order valence-corrected chi connectivity index (χ4v) is 2.90. The van der Waals surface area contributed by atoms with E-state index in [1.807, 2.05) is 13.8 Å². The average molecular weight is 299 g/mol. The van der Waals surface area contributed by atoms with Crippen LogP contribution in [0, 0.1) is 11.8 Å². The van der Waals surface area contributed by atoms with Crippen molar-refractivity contribution in [3.05, 3.63) is 0 Å². The standard InChI is InChI=1S/C16H29NO4/c1-5-11(3)14(16(19)20-4)17-13-9-7-8-12(10-13)15(18)21-6-2/h11-14,17H,5-10H2,1-4H3. The summed E-state index contributed by atoms with van der Waals surface area (Å²) in [5.74, 6) is -0.170. The normalized spacial score (nSPS) is 25.0. The Hall–Kier alpha value is -1.10. The maximum Gasteiger partial charge on any atom is 0.323 e. The molecule has 0 radical (unpaired) electrons. The summed E-state index contributed by atoms with van der Waals surface area (Å²) in [6.45, 7) is 6.35. The molecule has 0 aromatic heterocycles. The highest BCUT2D eigenvalue weighted by Crippen LogP contribution is 2.26. The van der Waals surface area contributed by atoms with E-state index in [-0.39, 0.29) is 35.9 Å². The molecular formula is C16H29NO4. The molecule has 0 aromatic carbocycles. The van der Waals surface area contributed by atoms with Gasteiger partial charge in [0.25, 0.3) is 0 Å². The molecule has 0 aromatic rings. The van der Waals surface area contributed by atoms with Gasteiger partial charge in [-0.05, 0) is 32.1 Å². The Morgan fingerprint density at radius 2 is 2.00 bits per heavy atom. The molecule has 0 aliphatic heterocycles. The number of methoxy groups -OCH3 is 1. The maximum absolute atomic E-state index is 11.9. The Morgan fingerprint density at radius 1 is 1.29 bits per heavy atom. The van der Waals surface area contributed by atoms with E-state index in [0.717, 1.165) is 32.1 Å². The van der Waals surface area contributed by atoms with Gasteiger partial charge in [0.15, 0.2) is 0 Å². The van der Waals surface area contributed by atoms with Crippen LogP contribution in [0.15, 0.2) is 0 Å². The van der Waals surface area contributed by atoms with Crippen molar-refractivity contribution in [2.45, 2.75) is 65.0 Å². The molecule has 1 fully saturated rings. The number of nitrogens with one attached hydrogen (secondary N) is 1. The lowest BCUT2D eigenvalue weighted by Gasteiger charge is -2.32. The van der Waals surface area contributed by atoms with Crippen molar-refractivity contribution in [3.8, 4) is 0 Å². The van der Waals surface area contributed by atoms with Crippen LogP contribution < -0.4 is 5.32 Å². The van der Waals surface area contributed by atoms with Gasteiger partial charge in [0.05, 0.1) is 19.6 Å². The molecule has 4 unspecified atom stereocenters. The third-order valence-electron chi connectivity index (χ3n) is 4.38. The number of esters is 2. The molecule has 0 bridgehead atoms. The first-order valence-electron chi connectivity index (χ1n) is 8.03. The summed E-state index contributed by atoms with van der Waals surface area (Å²) in [5, 5.41) is 3.40. The lowest BCUT2D eigenvalue weighted by molar-refractivity contribution is -0.149. The quantitative estimate of drug-likeness (QED) is 0.731. The highest BCUT2D eigenvalue weighted by atomic mass is 16.5. The topological polar surface area (TPSA) is 64.6 Å². The zero-order valence-corrected chi connectivity index (χ0v) is 13.7. The molecule has 4 atom stereocenters. The zero-order chi connectivity index (χ0) is 15.8. The minimum Gasteiger partial charge on any atom is -0.468 e. The summed E-state index contributed by atoms with van der Waals surface area (Å²) in [5.41, 5.74) is 0. The Balaban J connectivity index is 2.62. The second kappa shape index (κ2) is 9.03. The van der Waals surface area contributed by atoms with E-state index >= 15 is 0 Å². The van der Waals surface area contributed by atoms with Crippen LogP contribution in [0.25, 0.3) is 0 Å². The number of carbonyl (C=O) groups excluding carboxylic acids is 2. The molecule has 0 saturated heterocycles. The molecule has 122 valence electrons. The molecule has 21 heavy (non-hydrogen) atoms. The molecule has 5 nitrogen and oxygen atoms in total. The summed E-state index contributed by atoms with van der Waals surface area (Å²) in [6.07, 6.45) is 4.49. The largest absolute Gasteiger partial charge is 0.468 e. The van der Waals surface area contributed by atoms with Gasteiger partial charge in [0, 0.05) is 6.04 Å². The summed E-state index contributed by atoms with van der Waals surface area (Å²) < 4.78 is 10.0. The van der Waals surface area contributed by atoms with Gasteiger partial charge in [0.1, 0.15) is 6.04 Å². The average Bonchev–Trinajstić information content (AvgIpc) is 2.51. The lowest BCUT2D eigenvalue weighted by atomic mass is 9.84. The summed E-state index contributed by atoms with van der Waals surface area (Å²) >= 11 is 0. The SMILES string of the molecule is CCOC(=O)C1CCCC(NC(C(=O)OC)C(C)CC)C1. The highest BCUT2D eigenvalue weighted by Gasteiger charge is 2.32. The van der Waals surface area contributed by atoms with Crippen molar-refractivity contribution >= 4 is 11.9 Å². The molecule has 1 rings (SSSR count). The fourth-order valence-electron chi connectivity index (χ4n) is 2.90. The van der Waals surface area contributed by atoms with E-state index in [9.17, 15) is 9.59 Å². The second-order valence-corrected chi connectivity index (χ2v) is 5.87. The van der Waals surface area contributed by atoms with Gasteiger partial charge < -0.3 is 14.8 Å². The first-order valence-corrected chi connectivity index (χ1v) is 8.03. The molecule has 5 heteroatoms. The monoisotopic (exact) mass is 299 g/mol. The van der Waals surface area contributed by atoms with Gasteiger partial charge >= 0.3 is 11.9 Å². The fraction of sp³-hybridized carbons (Fsp3) is 0.875. The first kappa shape index (κ1) is 18.0. The van der Waals surface area contributed by atoms with Gasteiger partial charge in [0.2, 0.25) is 0 Å². The molecule has 1 aliphatic carbocycles. The van der Waals surface area contributed by atoms with Gasteiger partial charge in [-0.15, -0.1) is 0 Å². The van der Waals surface area contributed by atoms with E-state index < -0.39 is 0 Å². The van der Waals surface area contributed by atoms with Crippen LogP contribution in [-0.4, -0.2) is 37.7 Å². The minimum atomic E-state index is -0.300. The van der Waals surface area contributed by atoms with Crippen LogP contribution in [0.5, 0.6) is 0 Å². The molecule has 1 saturated carbocycles. The Morgan fingerprint density at radius 3 is 2.57 bits per heavy atom. The summed E-state index contributed by atoms with van der Waals surface area (Å²) in [7, 11) is 1.42. The van der Waals surface area contributed by atoms with Gasteiger partial charge in [-0.2, -0.15) is 0 Å². The summed E-state index contributed by atoms with van der Waals surface area (Å²) in [6, 6.07) is -0.128. The van der Waals surface area contributed by atoms with Crippen molar-refractivity contribution < 1.29 is 19.1 Å². The van der Waals surface area contributed by atoms with Crippen LogP contribution >= 0.6 is 0 Å². The number of hydrogen-bond donors (Lipinski definition) is 1. The molecule has 1 N–H and O–H groups in total. The second-order valence-electron chi connectivity index (χ2n) is 5.87. The highest BCUT2D eigenvalue weighted by molar-refractivity contribution is 5.76. The minimum absolute atomic E-state index is 0.0496. The van der Waals surface area contributed by atoms with Crippen molar-refractivity contribution in [3.63, 3.8) is 0 Å². The lowest BCUT2D eigenvalue weighted by Crippen LogP contribution is -2.49. The predicted molar refractivity (Wildman–Crippen MR) is 80.8 cm³/mol. The number of ether oxygens (including phenoxy) is 2. The van der Waals surface area contributed by atoms with Gasteiger partial charge in [-0.3, -0.25) is 9.59 Å². The third kappa shape index (κ3) is 5.30. The number of hydrogen-bond acceptors (Lipinski definition) is 5. The smallest absolute Gasteiger partial charge is 0.323 e. The molecule has 0 heterocycles. The van der Waals surface area contributed by atoms with E-state index in [4.69, 9.17) is 9.47 Å². The van der Waals surface area contributed by atoms with Crippen LogP contribution in [0.3, 0.4) is 0 Å². The van der Waals surface area contributed by atoms with E-state index in [1.165, 1.54) is 7.11 Å². The van der Waals surface area contributed by atoms with E-state index in [0.29, 0.717) is 6.61 Å². The Bertz CT molecular complexity index is 345. The van der Waals surface area contributed by atoms with Crippen molar-refractivity contribution in [2.24, 2.45) is 11.8 Å². The van der Waals surface area contributed by atoms with E-state index in [2.05, 4.69) is 12.2 Å².